The minimum absolute atomic E-state index is 0.163. The number of aliphatic hydroxyl groups is 1. The van der Waals surface area contributed by atoms with E-state index in [1.807, 2.05) is 13.0 Å². The molecule has 0 aliphatic heterocycles. The van der Waals surface area contributed by atoms with E-state index in [4.69, 9.17) is 0 Å². The molecular formula is C13H19BrN2O. The predicted octanol–water partition coefficient (Wildman–Crippen LogP) is 3.26. The average Bonchev–Trinajstić information content (AvgIpc) is 2.34. The summed E-state index contributed by atoms with van der Waals surface area (Å²) in [6.45, 7) is 2.22. The monoisotopic (exact) mass is 298 g/mol. The molecule has 0 bridgehead atoms. The topological polar surface area (TPSA) is 45.2 Å². The zero-order valence-electron chi connectivity index (χ0n) is 10.2. The first-order chi connectivity index (χ1) is 8.15. The zero-order chi connectivity index (χ0) is 12.3. The summed E-state index contributed by atoms with van der Waals surface area (Å²) >= 11 is 3.41. The lowest BCUT2D eigenvalue weighted by molar-refractivity contribution is 0.172. The summed E-state index contributed by atoms with van der Waals surface area (Å²) in [5.41, 5.74) is 0.946. The fraction of sp³-hybridized carbons (Fsp3) is 0.615. The summed E-state index contributed by atoms with van der Waals surface area (Å²) in [5.74, 6) is 0.893. The van der Waals surface area contributed by atoms with Gasteiger partial charge in [-0.25, -0.2) is 4.98 Å². The van der Waals surface area contributed by atoms with Gasteiger partial charge in [0.25, 0.3) is 0 Å². The van der Waals surface area contributed by atoms with Crippen molar-refractivity contribution in [3.8, 4) is 0 Å². The largest absolute Gasteiger partial charge is 0.394 e. The van der Waals surface area contributed by atoms with Gasteiger partial charge in [-0.2, -0.15) is 0 Å². The first-order valence-corrected chi connectivity index (χ1v) is 6.96. The minimum Gasteiger partial charge on any atom is -0.394 e. The molecule has 94 valence electrons. The number of halogens is 1. The maximum Gasteiger partial charge on any atom is 0.129 e. The summed E-state index contributed by atoms with van der Waals surface area (Å²) in [4.78, 5) is 4.40. The Morgan fingerprint density at radius 1 is 1.41 bits per heavy atom. The van der Waals surface area contributed by atoms with Crippen LogP contribution in [0.25, 0.3) is 0 Å². The second-order valence-corrected chi connectivity index (χ2v) is 5.86. The van der Waals surface area contributed by atoms with E-state index < -0.39 is 0 Å². The average molecular weight is 299 g/mol. The van der Waals surface area contributed by atoms with E-state index in [0.29, 0.717) is 0 Å². The summed E-state index contributed by atoms with van der Waals surface area (Å²) in [5, 5.41) is 13.1. The standard InChI is InChI=1S/C13H19BrN2O/c1-10-7-11(14)8-15-12(10)16-13(9-17)5-3-2-4-6-13/h7-8,17H,2-6,9H2,1H3,(H,15,16). The quantitative estimate of drug-likeness (QED) is 0.900. The van der Waals surface area contributed by atoms with Crippen molar-refractivity contribution in [2.24, 2.45) is 0 Å². The second kappa shape index (κ2) is 5.36. The van der Waals surface area contributed by atoms with Gasteiger partial charge in [-0.1, -0.05) is 19.3 Å². The number of rotatable bonds is 3. The first-order valence-electron chi connectivity index (χ1n) is 6.16. The highest BCUT2D eigenvalue weighted by Crippen LogP contribution is 2.32. The fourth-order valence-corrected chi connectivity index (χ4v) is 2.92. The Morgan fingerprint density at radius 2 is 2.12 bits per heavy atom. The van der Waals surface area contributed by atoms with Gasteiger partial charge in [0.2, 0.25) is 0 Å². The molecule has 0 amide bonds. The van der Waals surface area contributed by atoms with Crippen LogP contribution in [0, 0.1) is 6.92 Å². The normalized spacial score (nSPS) is 19.0. The van der Waals surface area contributed by atoms with Gasteiger partial charge in [-0.05, 0) is 47.3 Å². The van der Waals surface area contributed by atoms with Gasteiger partial charge < -0.3 is 10.4 Å². The zero-order valence-corrected chi connectivity index (χ0v) is 11.8. The van der Waals surface area contributed by atoms with E-state index in [2.05, 4.69) is 26.2 Å². The van der Waals surface area contributed by atoms with Crippen molar-refractivity contribution in [2.75, 3.05) is 11.9 Å². The van der Waals surface area contributed by atoms with Crippen LogP contribution < -0.4 is 5.32 Å². The maximum absolute atomic E-state index is 9.65. The molecule has 1 heterocycles. The van der Waals surface area contributed by atoms with Crippen LogP contribution in [0.4, 0.5) is 5.82 Å². The van der Waals surface area contributed by atoms with Crippen molar-refractivity contribution >= 4 is 21.7 Å². The van der Waals surface area contributed by atoms with Crippen LogP contribution >= 0.6 is 15.9 Å². The van der Waals surface area contributed by atoms with Crippen molar-refractivity contribution in [1.82, 2.24) is 4.98 Å². The van der Waals surface area contributed by atoms with Gasteiger partial charge >= 0.3 is 0 Å². The molecule has 4 heteroatoms. The molecule has 0 atom stereocenters. The van der Waals surface area contributed by atoms with Gasteiger partial charge in [0.15, 0.2) is 0 Å². The Morgan fingerprint density at radius 3 is 2.71 bits per heavy atom. The van der Waals surface area contributed by atoms with Crippen LogP contribution in [0.2, 0.25) is 0 Å². The van der Waals surface area contributed by atoms with Crippen molar-refractivity contribution in [3.63, 3.8) is 0 Å². The Labute approximate surface area is 111 Å². The number of aromatic nitrogens is 1. The lowest BCUT2D eigenvalue weighted by atomic mass is 9.82. The SMILES string of the molecule is Cc1cc(Br)cnc1NC1(CO)CCCCC1. The first kappa shape index (κ1) is 12.8. The number of aryl methyl sites for hydroxylation is 1. The van der Waals surface area contributed by atoms with Gasteiger partial charge in [-0.15, -0.1) is 0 Å². The number of anilines is 1. The molecule has 2 N–H and O–H groups in total. The molecule has 2 rings (SSSR count). The molecule has 1 aromatic heterocycles. The van der Waals surface area contributed by atoms with Gasteiger partial charge in [0, 0.05) is 10.7 Å². The fourth-order valence-electron chi connectivity index (χ4n) is 2.47. The number of hydrogen-bond donors (Lipinski definition) is 2. The third kappa shape index (κ3) is 2.99. The Bertz CT molecular complexity index is 389. The smallest absolute Gasteiger partial charge is 0.129 e. The highest BCUT2D eigenvalue weighted by Gasteiger charge is 2.31. The van der Waals surface area contributed by atoms with Crippen LogP contribution in [0.5, 0.6) is 0 Å². The molecule has 1 aliphatic carbocycles. The lowest BCUT2D eigenvalue weighted by Crippen LogP contribution is -2.44. The molecule has 0 aromatic carbocycles. The number of nitrogens with one attached hydrogen (secondary N) is 1. The molecule has 0 saturated heterocycles. The van der Waals surface area contributed by atoms with Gasteiger partial charge in [-0.3, -0.25) is 0 Å². The summed E-state index contributed by atoms with van der Waals surface area (Å²) < 4.78 is 0.988. The molecule has 17 heavy (non-hydrogen) atoms. The number of pyridine rings is 1. The number of nitrogens with zero attached hydrogens (tertiary/aromatic N) is 1. The van der Waals surface area contributed by atoms with Gasteiger partial charge in [0.05, 0.1) is 12.1 Å². The van der Waals surface area contributed by atoms with Crippen LogP contribution in [-0.2, 0) is 0 Å². The van der Waals surface area contributed by atoms with E-state index in [0.717, 1.165) is 28.7 Å². The molecule has 1 aromatic rings. The Kier molecular flexibility index (Phi) is 4.05. The van der Waals surface area contributed by atoms with E-state index in [-0.39, 0.29) is 12.1 Å². The minimum atomic E-state index is -0.163. The van der Waals surface area contributed by atoms with E-state index >= 15 is 0 Å². The van der Waals surface area contributed by atoms with Gasteiger partial charge in [0.1, 0.15) is 5.82 Å². The molecule has 0 unspecified atom stereocenters. The maximum atomic E-state index is 9.65. The molecule has 3 nitrogen and oxygen atoms in total. The lowest BCUT2D eigenvalue weighted by Gasteiger charge is -2.37. The summed E-state index contributed by atoms with van der Waals surface area (Å²) in [6.07, 6.45) is 7.49. The predicted molar refractivity (Wildman–Crippen MR) is 73.2 cm³/mol. The molecule has 0 spiro atoms. The molecule has 1 fully saturated rings. The Balaban J connectivity index is 2.17. The van der Waals surface area contributed by atoms with Crippen LogP contribution in [0.1, 0.15) is 37.7 Å². The van der Waals surface area contributed by atoms with Crippen LogP contribution in [0.15, 0.2) is 16.7 Å². The molecule has 1 aliphatic rings. The van der Waals surface area contributed by atoms with Crippen LogP contribution in [-0.4, -0.2) is 22.2 Å². The van der Waals surface area contributed by atoms with Crippen molar-refractivity contribution in [1.29, 1.82) is 0 Å². The second-order valence-electron chi connectivity index (χ2n) is 4.94. The third-order valence-electron chi connectivity index (χ3n) is 3.54. The van der Waals surface area contributed by atoms with Crippen molar-refractivity contribution < 1.29 is 5.11 Å². The summed E-state index contributed by atoms with van der Waals surface area (Å²) in [7, 11) is 0. The molecular weight excluding hydrogens is 280 g/mol. The highest BCUT2D eigenvalue weighted by atomic mass is 79.9. The van der Waals surface area contributed by atoms with E-state index in [1.165, 1.54) is 19.3 Å². The summed E-state index contributed by atoms with van der Waals surface area (Å²) in [6, 6.07) is 2.04. The Hall–Kier alpha value is -0.610. The van der Waals surface area contributed by atoms with Crippen LogP contribution in [0.3, 0.4) is 0 Å². The van der Waals surface area contributed by atoms with Crippen molar-refractivity contribution in [2.45, 2.75) is 44.6 Å². The van der Waals surface area contributed by atoms with E-state index in [9.17, 15) is 5.11 Å². The highest BCUT2D eigenvalue weighted by molar-refractivity contribution is 9.10. The number of aliphatic hydroxyl groups excluding tert-OH is 1. The third-order valence-corrected chi connectivity index (χ3v) is 3.98. The molecule has 0 radical (unpaired) electrons. The molecule has 1 saturated carbocycles. The van der Waals surface area contributed by atoms with Crippen molar-refractivity contribution in [3.05, 3.63) is 22.3 Å². The van der Waals surface area contributed by atoms with E-state index in [1.54, 1.807) is 6.20 Å². The number of hydrogen-bond acceptors (Lipinski definition) is 3.